The molecule has 0 saturated heterocycles. The summed E-state index contributed by atoms with van der Waals surface area (Å²) in [6.07, 6.45) is 1.38. The van der Waals surface area contributed by atoms with E-state index in [1.54, 1.807) is 30.3 Å². The van der Waals surface area contributed by atoms with E-state index in [0.717, 1.165) is 5.39 Å². The average Bonchev–Trinajstić information content (AvgIpc) is 3.24. The van der Waals surface area contributed by atoms with Crippen LogP contribution in [0.1, 0.15) is 5.56 Å². The van der Waals surface area contributed by atoms with Gasteiger partial charge in [0.1, 0.15) is 5.58 Å². The van der Waals surface area contributed by atoms with Crippen LogP contribution in [0.5, 0.6) is 11.5 Å². The minimum Gasteiger partial charge on any atom is -0.504 e. The van der Waals surface area contributed by atoms with E-state index in [9.17, 15) is 9.90 Å². The average molecular weight is 490 g/mol. The number of phenols is 1. The van der Waals surface area contributed by atoms with Gasteiger partial charge < -0.3 is 14.3 Å². The molecule has 7 nitrogen and oxygen atoms in total. The molecule has 0 aliphatic heterocycles. The smallest absolute Gasteiger partial charge is 0.282 e. The van der Waals surface area contributed by atoms with E-state index < -0.39 is 0 Å². The summed E-state index contributed by atoms with van der Waals surface area (Å²) in [5, 5.41) is 16.1. The van der Waals surface area contributed by atoms with Gasteiger partial charge in [-0.15, -0.1) is 0 Å². The minimum absolute atomic E-state index is 0.0912. The van der Waals surface area contributed by atoms with Crippen molar-refractivity contribution in [2.24, 2.45) is 5.10 Å². The third-order valence-electron chi connectivity index (χ3n) is 5.00. The molecule has 2 aromatic heterocycles. The van der Waals surface area contributed by atoms with Gasteiger partial charge in [-0.05, 0) is 36.4 Å². The number of methoxy groups -OCH3 is 1. The number of para-hydroxylation sites is 2. The number of aromatic hydroxyl groups is 1. The first-order valence-electron chi connectivity index (χ1n) is 9.67. The molecule has 5 aromatic rings. The number of rotatable bonds is 4. The fourth-order valence-corrected chi connectivity index (χ4v) is 3.91. The fourth-order valence-electron chi connectivity index (χ4n) is 3.45. The Bertz CT molecular complexity index is 1540. The van der Waals surface area contributed by atoms with Crippen LogP contribution in [0.3, 0.4) is 0 Å². The fraction of sp³-hybridized carbons (Fsp3) is 0.0417. The quantitative estimate of drug-likeness (QED) is 0.351. The number of fused-ring (bicyclic) bond motifs is 2. The molecule has 0 radical (unpaired) electrons. The zero-order valence-electron chi connectivity index (χ0n) is 16.8. The predicted octanol–water partition coefficient (Wildman–Crippen LogP) is 5.17. The number of aromatic nitrogens is 2. The third-order valence-corrected chi connectivity index (χ3v) is 5.46. The Labute approximate surface area is 190 Å². The van der Waals surface area contributed by atoms with Crippen LogP contribution < -0.4 is 10.3 Å². The highest BCUT2D eigenvalue weighted by Crippen LogP contribution is 2.33. The molecule has 0 unspecified atom stereocenters. The lowest BCUT2D eigenvalue weighted by Gasteiger charge is -2.09. The van der Waals surface area contributed by atoms with Gasteiger partial charge in [-0.1, -0.05) is 46.3 Å². The number of ether oxygens (including phenoxy) is 1. The summed E-state index contributed by atoms with van der Waals surface area (Å²) in [4.78, 5) is 18.0. The molecule has 0 aliphatic rings. The zero-order valence-corrected chi connectivity index (χ0v) is 18.4. The van der Waals surface area contributed by atoms with Crippen LogP contribution in [0.4, 0.5) is 0 Å². The van der Waals surface area contributed by atoms with E-state index in [2.05, 4.69) is 26.0 Å². The van der Waals surface area contributed by atoms with Crippen molar-refractivity contribution < 1.29 is 14.3 Å². The van der Waals surface area contributed by atoms with Crippen molar-refractivity contribution in [3.8, 4) is 23.1 Å². The van der Waals surface area contributed by atoms with Crippen LogP contribution in [0.15, 0.2) is 85.5 Å². The second-order valence-corrected chi connectivity index (χ2v) is 7.92. The standard InChI is InChI=1S/C24H16BrN3O4/c1-31-20-12-16(25)10-15(22(20)29)13-26-28-23(21-11-14-6-2-5-9-19(14)32-21)27-18-8-4-3-7-17(18)24(28)30/h2-13,29H,1H3. The summed E-state index contributed by atoms with van der Waals surface area (Å²) in [5.74, 6) is 0.846. The zero-order chi connectivity index (χ0) is 22.2. The number of benzene rings is 3. The van der Waals surface area contributed by atoms with E-state index in [0.29, 0.717) is 32.3 Å². The highest BCUT2D eigenvalue weighted by atomic mass is 79.9. The molecule has 32 heavy (non-hydrogen) atoms. The molecule has 0 bridgehead atoms. The first-order chi connectivity index (χ1) is 15.5. The molecule has 5 rings (SSSR count). The van der Waals surface area contributed by atoms with E-state index in [-0.39, 0.29) is 22.9 Å². The van der Waals surface area contributed by atoms with Gasteiger partial charge in [0.2, 0.25) is 5.82 Å². The molecule has 0 fully saturated rings. The van der Waals surface area contributed by atoms with Crippen molar-refractivity contribution >= 4 is 44.0 Å². The SMILES string of the molecule is COc1cc(Br)cc(C=Nn2c(-c3cc4ccccc4o3)nc3ccccc3c2=O)c1O. The largest absolute Gasteiger partial charge is 0.504 e. The van der Waals surface area contributed by atoms with Gasteiger partial charge >= 0.3 is 0 Å². The number of furan rings is 1. The molecule has 0 saturated carbocycles. The van der Waals surface area contributed by atoms with Gasteiger partial charge in [0.15, 0.2) is 17.3 Å². The van der Waals surface area contributed by atoms with Gasteiger partial charge in [0.05, 0.1) is 24.2 Å². The van der Waals surface area contributed by atoms with Crippen LogP contribution in [0.2, 0.25) is 0 Å². The topological polar surface area (TPSA) is 89.9 Å². The van der Waals surface area contributed by atoms with Crippen molar-refractivity contribution in [3.63, 3.8) is 0 Å². The lowest BCUT2D eigenvalue weighted by molar-refractivity contribution is 0.373. The maximum atomic E-state index is 13.3. The first kappa shape index (κ1) is 20.0. The summed E-state index contributed by atoms with van der Waals surface area (Å²) in [7, 11) is 1.46. The second-order valence-electron chi connectivity index (χ2n) is 7.01. The number of hydrogen-bond donors (Lipinski definition) is 1. The number of hydrogen-bond acceptors (Lipinski definition) is 6. The first-order valence-corrected chi connectivity index (χ1v) is 10.5. The summed E-state index contributed by atoms with van der Waals surface area (Å²) < 4.78 is 13.0. The van der Waals surface area contributed by atoms with Crippen LogP contribution >= 0.6 is 15.9 Å². The summed E-state index contributed by atoms with van der Waals surface area (Å²) in [6, 6.07) is 19.7. The molecule has 1 N–H and O–H groups in total. The van der Waals surface area contributed by atoms with Crippen LogP contribution in [-0.2, 0) is 0 Å². The summed E-state index contributed by atoms with van der Waals surface area (Å²) in [6.45, 7) is 0. The molecule has 0 amide bonds. The maximum absolute atomic E-state index is 13.3. The maximum Gasteiger partial charge on any atom is 0.282 e. The van der Waals surface area contributed by atoms with Crippen LogP contribution in [0, 0.1) is 0 Å². The number of phenolic OH excluding ortho intramolecular Hbond substituents is 1. The molecule has 0 atom stereocenters. The van der Waals surface area contributed by atoms with Crippen molar-refractivity contribution in [3.05, 3.63) is 87.1 Å². The molecule has 3 aromatic carbocycles. The predicted molar refractivity (Wildman–Crippen MR) is 127 cm³/mol. The van der Waals surface area contributed by atoms with E-state index in [1.165, 1.54) is 18.0 Å². The van der Waals surface area contributed by atoms with Crippen molar-refractivity contribution in [2.45, 2.75) is 0 Å². The van der Waals surface area contributed by atoms with E-state index >= 15 is 0 Å². The molecule has 8 heteroatoms. The Morgan fingerprint density at radius 1 is 1.12 bits per heavy atom. The second kappa shape index (κ2) is 7.97. The van der Waals surface area contributed by atoms with Crippen molar-refractivity contribution in [2.75, 3.05) is 7.11 Å². The molecular weight excluding hydrogens is 474 g/mol. The molecule has 2 heterocycles. The lowest BCUT2D eigenvalue weighted by atomic mass is 10.2. The number of halogens is 1. The van der Waals surface area contributed by atoms with Crippen LogP contribution in [0.25, 0.3) is 33.5 Å². The highest BCUT2D eigenvalue weighted by molar-refractivity contribution is 9.10. The molecule has 158 valence electrons. The molecule has 0 spiro atoms. The third kappa shape index (κ3) is 3.44. The van der Waals surface area contributed by atoms with Gasteiger partial charge in [-0.2, -0.15) is 9.78 Å². The normalized spacial score (nSPS) is 11.6. The van der Waals surface area contributed by atoms with Crippen molar-refractivity contribution in [1.29, 1.82) is 0 Å². The van der Waals surface area contributed by atoms with E-state index in [4.69, 9.17) is 9.15 Å². The summed E-state index contributed by atoms with van der Waals surface area (Å²) in [5.41, 5.74) is 1.22. The van der Waals surface area contributed by atoms with Gasteiger partial charge in [0.25, 0.3) is 5.56 Å². The highest BCUT2D eigenvalue weighted by Gasteiger charge is 2.17. The van der Waals surface area contributed by atoms with E-state index in [1.807, 2.05) is 36.4 Å². The number of nitrogens with zero attached hydrogens (tertiary/aromatic N) is 3. The molecular formula is C24H16BrN3O4. The van der Waals surface area contributed by atoms with Gasteiger partial charge in [-0.25, -0.2) is 4.98 Å². The summed E-state index contributed by atoms with van der Waals surface area (Å²) >= 11 is 3.38. The van der Waals surface area contributed by atoms with Gasteiger partial charge in [-0.3, -0.25) is 4.79 Å². The Hall–Kier alpha value is -3.91. The Kier molecular flexibility index (Phi) is 4.99. The monoisotopic (exact) mass is 489 g/mol. The Morgan fingerprint density at radius 3 is 2.72 bits per heavy atom. The Morgan fingerprint density at radius 2 is 1.91 bits per heavy atom. The Balaban J connectivity index is 1.74. The lowest BCUT2D eigenvalue weighted by Crippen LogP contribution is -2.20. The van der Waals surface area contributed by atoms with Crippen molar-refractivity contribution in [1.82, 2.24) is 9.66 Å². The molecule has 0 aliphatic carbocycles. The van der Waals surface area contributed by atoms with Crippen LogP contribution in [-0.4, -0.2) is 28.1 Å². The van der Waals surface area contributed by atoms with Gasteiger partial charge in [0, 0.05) is 15.4 Å². The minimum atomic E-state index is -0.358.